The monoisotopic (exact) mass is 251 g/mol. The Bertz CT molecular complexity index is 611. The van der Waals surface area contributed by atoms with E-state index in [0.717, 1.165) is 11.3 Å². The summed E-state index contributed by atoms with van der Waals surface area (Å²) in [5, 5.41) is 9.15. The summed E-state index contributed by atoms with van der Waals surface area (Å²) < 4.78 is 0. The highest BCUT2D eigenvalue weighted by Gasteiger charge is 2.11. The number of nitriles is 1. The standard InChI is InChI=1S/C16H17N3/c1-12(19(2)3)13-6-4-7-14(10-13)16-15(11-17)8-5-9-18-16/h4-10,12H,1-3H3/t12-/m1/s1. The molecule has 0 aliphatic heterocycles. The van der Waals surface area contributed by atoms with Crippen LogP contribution >= 0.6 is 0 Å². The van der Waals surface area contributed by atoms with E-state index in [-0.39, 0.29) is 0 Å². The summed E-state index contributed by atoms with van der Waals surface area (Å²) in [5.74, 6) is 0. The van der Waals surface area contributed by atoms with E-state index in [2.05, 4.69) is 49.1 Å². The smallest absolute Gasteiger partial charge is 0.101 e. The SMILES string of the molecule is C[C@H](c1cccc(-c2ncccc2C#N)c1)N(C)C. The Labute approximate surface area is 114 Å². The van der Waals surface area contributed by atoms with Crippen LogP contribution in [0.5, 0.6) is 0 Å². The molecule has 1 atom stereocenters. The van der Waals surface area contributed by atoms with Crippen LogP contribution in [-0.2, 0) is 0 Å². The van der Waals surface area contributed by atoms with Crippen LogP contribution in [0.3, 0.4) is 0 Å². The molecule has 0 fully saturated rings. The van der Waals surface area contributed by atoms with Gasteiger partial charge in [-0.15, -0.1) is 0 Å². The lowest BCUT2D eigenvalue weighted by Gasteiger charge is -2.20. The lowest BCUT2D eigenvalue weighted by Crippen LogP contribution is -2.16. The Balaban J connectivity index is 2.47. The van der Waals surface area contributed by atoms with Crippen LogP contribution in [0.2, 0.25) is 0 Å². The van der Waals surface area contributed by atoms with E-state index in [4.69, 9.17) is 5.26 Å². The van der Waals surface area contributed by atoms with Crippen molar-refractivity contribution in [1.29, 1.82) is 5.26 Å². The molecule has 0 saturated heterocycles. The fourth-order valence-electron chi connectivity index (χ4n) is 1.97. The van der Waals surface area contributed by atoms with E-state index in [0.29, 0.717) is 11.6 Å². The first-order valence-corrected chi connectivity index (χ1v) is 6.25. The third kappa shape index (κ3) is 2.81. The molecule has 0 saturated carbocycles. The molecule has 3 heteroatoms. The molecule has 2 aromatic rings. The minimum Gasteiger partial charge on any atom is -0.303 e. The first kappa shape index (κ1) is 13.3. The first-order valence-electron chi connectivity index (χ1n) is 6.25. The molecule has 0 bridgehead atoms. The van der Waals surface area contributed by atoms with Crippen molar-refractivity contribution in [3.05, 3.63) is 53.7 Å². The van der Waals surface area contributed by atoms with E-state index in [9.17, 15) is 0 Å². The van der Waals surface area contributed by atoms with Crippen molar-refractivity contribution in [3.63, 3.8) is 0 Å². The Morgan fingerprint density at radius 3 is 2.68 bits per heavy atom. The van der Waals surface area contributed by atoms with Gasteiger partial charge in [0.2, 0.25) is 0 Å². The normalized spacial score (nSPS) is 12.2. The van der Waals surface area contributed by atoms with Crippen LogP contribution in [-0.4, -0.2) is 24.0 Å². The fraction of sp³-hybridized carbons (Fsp3) is 0.250. The Morgan fingerprint density at radius 2 is 2.00 bits per heavy atom. The topological polar surface area (TPSA) is 39.9 Å². The van der Waals surface area contributed by atoms with Crippen molar-refractivity contribution in [2.45, 2.75) is 13.0 Å². The minimum atomic E-state index is 0.328. The molecule has 0 radical (unpaired) electrons. The van der Waals surface area contributed by atoms with Crippen molar-refractivity contribution >= 4 is 0 Å². The van der Waals surface area contributed by atoms with Crippen molar-refractivity contribution in [2.24, 2.45) is 0 Å². The van der Waals surface area contributed by atoms with E-state index >= 15 is 0 Å². The Hall–Kier alpha value is -2.18. The molecular weight excluding hydrogens is 234 g/mol. The van der Waals surface area contributed by atoms with Crippen LogP contribution in [0, 0.1) is 11.3 Å². The summed E-state index contributed by atoms with van der Waals surface area (Å²) in [7, 11) is 4.11. The lowest BCUT2D eigenvalue weighted by atomic mass is 10.0. The molecular formula is C16H17N3. The summed E-state index contributed by atoms with van der Waals surface area (Å²) >= 11 is 0. The van der Waals surface area contributed by atoms with E-state index in [1.165, 1.54) is 5.56 Å². The van der Waals surface area contributed by atoms with Gasteiger partial charge in [0.15, 0.2) is 0 Å². The maximum absolute atomic E-state index is 9.15. The van der Waals surface area contributed by atoms with Crippen LogP contribution in [0.15, 0.2) is 42.6 Å². The second-order valence-electron chi connectivity index (χ2n) is 4.78. The Kier molecular flexibility index (Phi) is 3.94. The molecule has 0 amide bonds. The van der Waals surface area contributed by atoms with Crippen molar-refractivity contribution in [3.8, 4) is 17.3 Å². The zero-order chi connectivity index (χ0) is 13.8. The maximum atomic E-state index is 9.15. The number of aromatic nitrogens is 1. The number of pyridine rings is 1. The number of benzene rings is 1. The molecule has 3 nitrogen and oxygen atoms in total. The predicted molar refractivity (Wildman–Crippen MR) is 76.5 cm³/mol. The molecule has 0 aliphatic rings. The lowest BCUT2D eigenvalue weighted by molar-refractivity contribution is 0.321. The molecule has 1 aromatic heterocycles. The third-order valence-corrected chi connectivity index (χ3v) is 3.35. The van der Waals surface area contributed by atoms with Crippen LogP contribution in [0.4, 0.5) is 0 Å². The van der Waals surface area contributed by atoms with Gasteiger partial charge < -0.3 is 4.90 Å². The van der Waals surface area contributed by atoms with Gasteiger partial charge in [0.1, 0.15) is 6.07 Å². The van der Waals surface area contributed by atoms with Crippen molar-refractivity contribution in [1.82, 2.24) is 9.88 Å². The summed E-state index contributed by atoms with van der Waals surface area (Å²) in [4.78, 5) is 6.48. The van der Waals surface area contributed by atoms with E-state index in [1.807, 2.05) is 12.1 Å². The third-order valence-electron chi connectivity index (χ3n) is 3.35. The Morgan fingerprint density at radius 1 is 1.21 bits per heavy atom. The summed E-state index contributed by atoms with van der Waals surface area (Å²) in [6, 6.07) is 14.3. The van der Waals surface area contributed by atoms with Crippen molar-refractivity contribution in [2.75, 3.05) is 14.1 Å². The van der Waals surface area contributed by atoms with Gasteiger partial charge in [0.05, 0.1) is 11.3 Å². The van der Waals surface area contributed by atoms with Crippen molar-refractivity contribution < 1.29 is 0 Å². The summed E-state index contributed by atoms with van der Waals surface area (Å²) in [5.41, 5.74) is 3.57. The average Bonchev–Trinajstić information content (AvgIpc) is 2.46. The molecule has 0 N–H and O–H groups in total. The van der Waals surface area contributed by atoms with Crippen LogP contribution < -0.4 is 0 Å². The molecule has 0 unspecified atom stereocenters. The van der Waals surface area contributed by atoms with Gasteiger partial charge in [-0.1, -0.05) is 18.2 Å². The highest BCUT2D eigenvalue weighted by atomic mass is 15.1. The maximum Gasteiger partial charge on any atom is 0.101 e. The quantitative estimate of drug-likeness (QED) is 0.840. The number of nitrogens with zero attached hydrogens (tertiary/aromatic N) is 3. The molecule has 1 heterocycles. The fourth-order valence-corrected chi connectivity index (χ4v) is 1.97. The number of hydrogen-bond acceptors (Lipinski definition) is 3. The minimum absolute atomic E-state index is 0.328. The number of hydrogen-bond donors (Lipinski definition) is 0. The van der Waals surface area contributed by atoms with Gasteiger partial charge in [0, 0.05) is 17.8 Å². The molecule has 1 aromatic carbocycles. The van der Waals surface area contributed by atoms with Gasteiger partial charge in [-0.25, -0.2) is 0 Å². The van der Waals surface area contributed by atoms with Gasteiger partial charge in [-0.3, -0.25) is 4.98 Å². The molecule has 96 valence electrons. The second-order valence-corrected chi connectivity index (χ2v) is 4.78. The van der Waals surface area contributed by atoms with E-state index < -0.39 is 0 Å². The number of rotatable bonds is 3. The summed E-state index contributed by atoms with van der Waals surface area (Å²) in [6.07, 6.45) is 1.72. The highest BCUT2D eigenvalue weighted by Crippen LogP contribution is 2.25. The first-order chi connectivity index (χ1) is 9.13. The highest BCUT2D eigenvalue weighted by molar-refractivity contribution is 5.66. The van der Waals surface area contributed by atoms with Crippen LogP contribution in [0.25, 0.3) is 11.3 Å². The van der Waals surface area contributed by atoms with Gasteiger partial charge in [-0.2, -0.15) is 5.26 Å². The summed E-state index contributed by atoms with van der Waals surface area (Å²) in [6.45, 7) is 2.16. The average molecular weight is 251 g/mol. The van der Waals surface area contributed by atoms with Gasteiger partial charge >= 0.3 is 0 Å². The molecule has 19 heavy (non-hydrogen) atoms. The molecule has 0 aliphatic carbocycles. The van der Waals surface area contributed by atoms with Crippen LogP contribution in [0.1, 0.15) is 24.1 Å². The zero-order valence-electron chi connectivity index (χ0n) is 11.5. The van der Waals surface area contributed by atoms with Gasteiger partial charge in [-0.05, 0) is 44.8 Å². The largest absolute Gasteiger partial charge is 0.303 e. The van der Waals surface area contributed by atoms with E-state index in [1.54, 1.807) is 18.3 Å². The molecule has 0 spiro atoms. The zero-order valence-corrected chi connectivity index (χ0v) is 11.5. The predicted octanol–water partition coefficient (Wildman–Crippen LogP) is 3.24. The second kappa shape index (κ2) is 5.64. The van der Waals surface area contributed by atoms with Gasteiger partial charge in [0.25, 0.3) is 0 Å². The molecule has 2 rings (SSSR count).